The van der Waals surface area contributed by atoms with Crippen molar-refractivity contribution in [3.8, 4) is 22.4 Å². The number of imidazole rings is 1. The Bertz CT molecular complexity index is 1830. The summed E-state index contributed by atoms with van der Waals surface area (Å²) < 4.78 is 12.3. The third-order valence-corrected chi connectivity index (χ3v) is 7.60. The Morgan fingerprint density at radius 1 is 0.907 bits per heavy atom. The molecule has 0 spiro atoms. The van der Waals surface area contributed by atoms with Crippen LogP contribution in [0, 0.1) is 6.92 Å². The number of benzene rings is 2. The van der Waals surface area contributed by atoms with Crippen molar-refractivity contribution in [2.24, 2.45) is 0 Å². The fraction of sp³-hybridized carbons (Fsp3) is 0.303. The first-order valence-electron chi connectivity index (χ1n) is 14.3. The molecule has 10 nitrogen and oxygen atoms in total. The first-order chi connectivity index (χ1) is 20.6. The van der Waals surface area contributed by atoms with E-state index in [0.29, 0.717) is 29.8 Å². The Morgan fingerprint density at radius 3 is 2.35 bits per heavy atom. The second-order valence-corrected chi connectivity index (χ2v) is 11.6. The molecule has 2 aromatic carbocycles. The van der Waals surface area contributed by atoms with E-state index in [2.05, 4.69) is 39.1 Å². The van der Waals surface area contributed by atoms with E-state index in [1.165, 1.54) is 7.11 Å². The van der Waals surface area contributed by atoms with Crippen LogP contribution in [0.4, 0.5) is 10.5 Å². The largest absolute Gasteiger partial charge is 0.465 e. The summed E-state index contributed by atoms with van der Waals surface area (Å²) in [5.41, 5.74) is 6.89. The molecule has 0 aliphatic carbocycles. The number of hydrogen-bond acceptors (Lipinski definition) is 8. The van der Waals surface area contributed by atoms with E-state index in [4.69, 9.17) is 14.6 Å². The fourth-order valence-corrected chi connectivity index (χ4v) is 5.48. The predicted octanol–water partition coefficient (Wildman–Crippen LogP) is 5.76. The minimum Gasteiger partial charge on any atom is -0.465 e. The maximum absolute atomic E-state index is 12.4. The monoisotopic (exact) mass is 578 g/mol. The van der Waals surface area contributed by atoms with Gasteiger partial charge in [-0.15, -0.1) is 0 Å². The van der Waals surface area contributed by atoms with Crippen LogP contribution in [0.15, 0.2) is 67.0 Å². The Labute approximate surface area is 249 Å². The maximum atomic E-state index is 12.4. The Hall–Kier alpha value is -4.99. The number of para-hydroxylation sites is 1. The number of pyridine rings is 1. The number of methoxy groups -OCH3 is 1. The number of hydrogen-bond donors (Lipinski definition) is 0. The van der Waals surface area contributed by atoms with Crippen molar-refractivity contribution in [3.05, 3.63) is 78.2 Å². The SMILES string of the molecule is COC(=O)c1cccc2c(-c3cnc4cc(-c5ccc(N6CCN(C(=O)OC(C)(C)C)CC6)cc5)c(C)nn34)ccnc12. The highest BCUT2D eigenvalue weighted by molar-refractivity contribution is 6.06. The van der Waals surface area contributed by atoms with Gasteiger partial charge in [0.2, 0.25) is 0 Å². The van der Waals surface area contributed by atoms with E-state index in [9.17, 15) is 9.59 Å². The number of carbonyl (C=O) groups is 2. The molecule has 0 saturated carbocycles. The highest BCUT2D eigenvalue weighted by atomic mass is 16.6. The van der Waals surface area contributed by atoms with E-state index in [1.54, 1.807) is 23.4 Å². The van der Waals surface area contributed by atoms with Crippen molar-refractivity contribution >= 4 is 34.3 Å². The van der Waals surface area contributed by atoms with Gasteiger partial charge < -0.3 is 19.3 Å². The second-order valence-electron chi connectivity index (χ2n) is 11.6. The van der Waals surface area contributed by atoms with Crippen molar-refractivity contribution in [2.45, 2.75) is 33.3 Å². The van der Waals surface area contributed by atoms with Crippen LogP contribution in [0.2, 0.25) is 0 Å². The molecular formula is C33H34N6O4. The molecule has 0 N–H and O–H groups in total. The Kier molecular flexibility index (Phi) is 7.21. The lowest BCUT2D eigenvalue weighted by Gasteiger charge is -2.36. The molecule has 5 aromatic rings. The average Bonchev–Trinajstić information content (AvgIpc) is 3.41. The zero-order chi connectivity index (χ0) is 30.3. The smallest absolute Gasteiger partial charge is 0.410 e. The number of ether oxygens (including phenoxy) is 2. The number of fused-ring (bicyclic) bond motifs is 2. The van der Waals surface area contributed by atoms with Crippen LogP contribution in [-0.2, 0) is 9.47 Å². The highest BCUT2D eigenvalue weighted by Gasteiger charge is 2.26. The van der Waals surface area contributed by atoms with Gasteiger partial charge in [0, 0.05) is 54.6 Å². The summed E-state index contributed by atoms with van der Waals surface area (Å²) >= 11 is 0. The number of aryl methyl sites for hydroxylation is 1. The Balaban J connectivity index is 1.24. The molecule has 1 fully saturated rings. The van der Waals surface area contributed by atoms with E-state index < -0.39 is 11.6 Å². The number of nitrogens with zero attached hydrogens (tertiary/aromatic N) is 6. The molecule has 1 aliphatic heterocycles. The summed E-state index contributed by atoms with van der Waals surface area (Å²) in [6.45, 7) is 10.4. The van der Waals surface area contributed by atoms with Gasteiger partial charge >= 0.3 is 12.1 Å². The van der Waals surface area contributed by atoms with Crippen LogP contribution in [0.1, 0.15) is 36.8 Å². The molecule has 10 heteroatoms. The van der Waals surface area contributed by atoms with Gasteiger partial charge in [0.05, 0.1) is 35.8 Å². The lowest BCUT2D eigenvalue weighted by molar-refractivity contribution is 0.0240. The van der Waals surface area contributed by atoms with E-state index >= 15 is 0 Å². The van der Waals surface area contributed by atoms with Crippen molar-refractivity contribution in [2.75, 3.05) is 38.2 Å². The second kappa shape index (κ2) is 11.0. The molecule has 0 radical (unpaired) electrons. The van der Waals surface area contributed by atoms with E-state index in [1.807, 2.05) is 56.5 Å². The standard InChI is InChI=1S/C33H34N6O4/c1-21-27(22-9-11-23(12-10-22)37-15-17-38(18-16-37)32(41)43-33(2,3)4)19-29-35-20-28(39(29)36-21)24-13-14-34-30-25(24)7-6-8-26(30)31(40)42-5/h6-14,19-20H,15-18H2,1-5H3. The molecule has 220 valence electrons. The fourth-order valence-electron chi connectivity index (χ4n) is 5.48. The lowest BCUT2D eigenvalue weighted by Crippen LogP contribution is -2.50. The lowest BCUT2D eigenvalue weighted by atomic mass is 10.0. The van der Waals surface area contributed by atoms with Gasteiger partial charge in [-0.05, 0) is 63.6 Å². The predicted molar refractivity (Wildman–Crippen MR) is 165 cm³/mol. The van der Waals surface area contributed by atoms with Crippen LogP contribution in [0.25, 0.3) is 38.9 Å². The molecule has 1 amide bonds. The summed E-state index contributed by atoms with van der Waals surface area (Å²) in [7, 11) is 1.36. The van der Waals surface area contributed by atoms with Crippen molar-refractivity contribution in [1.29, 1.82) is 0 Å². The van der Waals surface area contributed by atoms with Crippen LogP contribution < -0.4 is 4.90 Å². The summed E-state index contributed by atoms with van der Waals surface area (Å²) in [4.78, 5) is 37.9. The van der Waals surface area contributed by atoms with Gasteiger partial charge in [0.1, 0.15) is 5.60 Å². The molecule has 43 heavy (non-hydrogen) atoms. The third kappa shape index (κ3) is 5.48. The number of amides is 1. The van der Waals surface area contributed by atoms with Crippen LogP contribution >= 0.6 is 0 Å². The Morgan fingerprint density at radius 2 is 1.65 bits per heavy atom. The normalized spacial score (nSPS) is 13.9. The minimum atomic E-state index is -0.499. The van der Waals surface area contributed by atoms with E-state index in [-0.39, 0.29) is 6.09 Å². The van der Waals surface area contributed by atoms with Gasteiger partial charge in [-0.1, -0.05) is 24.3 Å². The van der Waals surface area contributed by atoms with Crippen LogP contribution in [-0.4, -0.2) is 75.4 Å². The summed E-state index contributed by atoms with van der Waals surface area (Å²) in [6, 6.07) is 17.8. The highest BCUT2D eigenvalue weighted by Crippen LogP contribution is 2.32. The van der Waals surface area contributed by atoms with Crippen LogP contribution in [0.5, 0.6) is 0 Å². The van der Waals surface area contributed by atoms with Gasteiger partial charge in [0.15, 0.2) is 5.65 Å². The van der Waals surface area contributed by atoms with Crippen molar-refractivity contribution < 1.29 is 19.1 Å². The quantitative estimate of drug-likeness (QED) is 0.248. The number of anilines is 1. The van der Waals surface area contributed by atoms with Crippen LogP contribution in [0.3, 0.4) is 0 Å². The molecule has 0 bridgehead atoms. The topological polar surface area (TPSA) is 102 Å². The number of carbonyl (C=O) groups excluding carboxylic acids is 2. The average molecular weight is 579 g/mol. The summed E-state index contributed by atoms with van der Waals surface area (Å²) in [6.07, 6.45) is 3.22. The van der Waals surface area contributed by atoms with Gasteiger partial charge in [-0.3, -0.25) is 4.98 Å². The van der Waals surface area contributed by atoms with E-state index in [0.717, 1.165) is 52.2 Å². The zero-order valence-corrected chi connectivity index (χ0v) is 25.0. The number of rotatable bonds is 4. The molecule has 4 heterocycles. The molecular weight excluding hydrogens is 544 g/mol. The third-order valence-electron chi connectivity index (χ3n) is 7.60. The maximum Gasteiger partial charge on any atom is 0.410 e. The molecule has 6 rings (SSSR count). The van der Waals surface area contributed by atoms with Crippen molar-refractivity contribution in [3.63, 3.8) is 0 Å². The molecule has 1 aliphatic rings. The van der Waals surface area contributed by atoms with Crippen molar-refractivity contribution in [1.82, 2.24) is 24.5 Å². The van der Waals surface area contributed by atoms with Gasteiger partial charge in [0.25, 0.3) is 0 Å². The first-order valence-corrected chi connectivity index (χ1v) is 14.3. The molecule has 1 saturated heterocycles. The molecule has 3 aromatic heterocycles. The molecule has 0 unspecified atom stereocenters. The number of piperazine rings is 1. The van der Waals surface area contributed by atoms with Gasteiger partial charge in [-0.25, -0.2) is 19.1 Å². The van der Waals surface area contributed by atoms with Gasteiger partial charge in [-0.2, -0.15) is 5.10 Å². The minimum absolute atomic E-state index is 0.258. The summed E-state index contributed by atoms with van der Waals surface area (Å²) in [5, 5.41) is 5.73. The molecule has 0 atom stereocenters. The summed E-state index contributed by atoms with van der Waals surface area (Å²) in [5.74, 6) is -0.430. The first kappa shape index (κ1) is 28.1. The number of esters is 1. The zero-order valence-electron chi connectivity index (χ0n) is 25.0. The number of aromatic nitrogens is 4.